The van der Waals surface area contributed by atoms with Crippen LogP contribution in [0.15, 0.2) is 21.5 Å². The maximum atomic E-state index is 12.5. The summed E-state index contributed by atoms with van der Waals surface area (Å²) in [4.78, 5) is 39.6. The summed E-state index contributed by atoms with van der Waals surface area (Å²) in [5, 5.41) is -0.480. The molecular weight excluding hydrogens is 368 g/mol. The van der Waals surface area contributed by atoms with Gasteiger partial charge in [-0.2, -0.15) is 0 Å². The Morgan fingerprint density at radius 3 is 2.59 bits per heavy atom. The Morgan fingerprint density at radius 2 is 1.93 bits per heavy atom. The minimum absolute atomic E-state index is 0.245. The molecule has 0 aliphatic carbocycles. The molecule has 0 N–H and O–H groups in total. The number of thioether (sulfide) groups is 1. The molecule has 0 unspecified atom stereocenters. The summed E-state index contributed by atoms with van der Waals surface area (Å²) in [5.74, 6) is 0.195. The maximum absolute atomic E-state index is 12.5. The van der Waals surface area contributed by atoms with Crippen molar-refractivity contribution in [1.29, 1.82) is 0 Å². The Balaban J connectivity index is 1.67. The Morgan fingerprint density at radius 1 is 1.22 bits per heavy atom. The fraction of sp³-hybridized carbons (Fsp3) is 0.526. The Bertz CT molecular complexity index is 747. The molecule has 0 bridgehead atoms. The second-order valence-electron chi connectivity index (χ2n) is 6.88. The van der Waals surface area contributed by atoms with Crippen LogP contribution in [0.2, 0.25) is 0 Å². The van der Waals surface area contributed by atoms with Crippen LogP contribution in [-0.4, -0.2) is 47.8 Å². The summed E-state index contributed by atoms with van der Waals surface area (Å²) in [6.45, 7) is 4.97. The largest absolute Gasteiger partial charge is 0.462 e. The van der Waals surface area contributed by atoms with Gasteiger partial charge in [-0.3, -0.25) is 19.3 Å². The Labute approximate surface area is 162 Å². The standard InChI is InChI=1S/C19H24N2O5S/c1-13(2)25-17(22)12-21-18(23)15(27-19(21)24)11-14-7-8-16(26-14)20-9-5-3-4-6-10-20/h7-8,11,13H,3-6,9-10,12H2,1-2H3/b15-11+. The number of imide groups is 1. The molecule has 8 heteroatoms. The number of esters is 1. The average molecular weight is 392 g/mol. The third-order valence-electron chi connectivity index (χ3n) is 4.33. The van der Waals surface area contributed by atoms with E-state index in [1.165, 1.54) is 12.8 Å². The Kier molecular flexibility index (Phi) is 6.26. The molecule has 1 aromatic heterocycles. The molecule has 0 saturated carbocycles. The lowest BCUT2D eigenvalue weighted by Gasteiger charge is -2.18. The van der Waals surface area contributed by atoms with Crippen LogP contribution in [0.25, 0.3) is 6.08 Å². The van der Waals surface area contributed by atoms with E-state index in [9.17, 15) is 14.4 Å². The van der Waals surface area contributed by atoms with Crippen LogP contribution in [0.3, 0.4) is 0 Å². The highest BCUT2D eigenvalue weighted by Gasteiger charge is 2.37. The summed E-state index contributed by atoms with van der Waals surface area (Å²) in [6.07, 6.45) is 6.00. The number of carbonyl (C=O) groups excluding carboxylic acids is 3. The van der Waals surface area contributed by atoms with Crippen LogP contribution in [0.5, 0.6) is 0 Å². The summed E-state index contributed by atoms with van der Waals surface area (Å²) in [5.41, 5.74) is 0. The van der Waals surface area contributed by atoms with Gasteiger partial charge in [0.25, 0.3) is 11.1 Å². The number of anilines is 1. The molecule has 1 aromatic rings. The Hall–Kier alpha value is -2.22. The number of furan rings is 1. The van der Waals surface area contributed by atoms with E-state index in [0.29, 0.717) is 5.76 Å². The van der Waals surface area contributed by atoms with E-state index >= 15 is 0 Å². The topological polar surface area (TPSA) is 80.1 Å². The van der Waals surface area contributed by atoms with Gasteiger partial charge in [0, 0.05) is 25.2 Å². The molecule has 2 aliphatic heterocycles. The fourth-order valence-electron chi connectivity index (χ4n) is 3.08. The van der Waals surface area contributed by atoms with Gasteiger partial charge in [0.1, 0.15) is 12.3 Å². The van der Waals surface area contributed by atoms with Crippen LogP contribution < -0.4 is 4.90 Å². The molecule has 3 rings (SSSR count). The molecule has 0 radical (unpaired) electrons. The zero-order valence-corrected chi connectivity index (χ0v) is 16.4. The molecule has 0 aromatic carbocycles. The first kappa shape index (κ1) is 19.5. The lowest BCUT2D eigenvalue weighted by atomic mass is 10.2. The number of amides is 2. The third-order valence-corrected chi connectivity index (χ3v) is 5.24. The fourth-order valence-corrected chi connectivity index (χ4v) is 3.89. The molecule has 3 heterocycles. The van der Waals surface area contributed by atoms with Crippen LogP contribution in [0.1, 0.15) is 45.3 Å². The number of nitrogens with zero attached hydrogens (tertiary/aromatic N) is 2. The molecule has 7 nitrogen and oxygen atoms in total. The molecule has 2 amide bonds. The van der Waals surface area contributed by atoms with Crippen molar-refractivity contribution >= 4 is 40.8 Å². The van der Waals surface area contributed by atoms with E-state index in [4.69, 9.17) is 9.15 Å². The first-order chi connectivity index (χ1) is 12.9. The van der Waals surface area contributed by atoms with E-state index in [1.54, 1.807) is 26.0 Å². The average Bonchev–Trinajstić information content (AvgIpc) is 3.03. The van der Waals surface area contributed by atoms with Crippen molar-refractivity contribution in [3.8, 4) is 0 Å². The number of rotatable bonds is 5. The first-order valence-electron chi connectivity index (χ1n) is 9.23. The van der Waals surface area contributed by atoms with E-state index in [0.717, 1.165) is 48.5 Å². The smallest absolute Gasteiger partial charge is 0.326 e. The molecule has 146 valence electrons. The lowest BCUT2D eigenvalue weighted by molar-refractivity contribution is -0.149. The summed E-state index contributed by atoms with van der Waals surface area (Å²) in [7, 11) is 0. The van der Waals surface area contributed by atoms with E-state index in [2.05, 4.69) is 4.90 Å². The molecule has 0 spiro atoms. The summed E-state index contributed by atoms with van der Waals surface area (Å²) < 4.78 is 10.9. The second kappa shape index (κ2) is 8.65. The number of ether oxygens (including phenoxy) is 1. The highest BCUT2D eigenvalue weighted by molar-refractivity contribution is 8.18. The van der Waals surface area contributed by atoms with Crippen molar-refractivity contribution in [2.75, 3.05) is 24.5 Å². The van der Waals surface area contributed by atoms with E-state index < -0.39 is 17.1 Å². The van der Waals surface area contributed by atoms with Crippen molar-refractivity contribution in [2.45, 2.75) is 45.6 Å². The van der Waals surface area contributed by atoms with Crippen molar-refractivity contribution < 1.29 is 23.5 Å². The monoisotopic (exact) mass is 392 g/mol. The van der Waals surface area contributed by atoms with Gasteiger partial charge in [0.05, 0.1) is 11.0 Å². The number of hydrogen-bond acceptors (Lipinski definition) is 7. The minimum Gasteiger partial charge on any atom is -0.462 e. The normalized spacial score (nSPS) is 19.9. The van der Waals surface area contributed by atoms with E-state index in [1.807, 2.05) is 6.07 Å². The predicted molar refractivity (Wildman–Crippen MR) is 103 cm³/mol. The predicted octanol–water partition coefficient (Wildman–Crippen LogP) is 3.65. The van der Waals surface area contributed by atoms with Gasteiger partial charge in [0.2, 0.25) is 0 Å². The van der Waals surface area contributed by atoms with Crippen LogP contribution in [-0.2, 0) is 14.3 Å². The highest BCUT2D eigenvalue weighted by atomic mass is 32.2. The zero-order chi connectivity index (χ0) is 19.4. The number of carbonyl (C=O) groups is 3. The van der Waals surface area contributed by atoms with Gasteiger partial charge >= 0.3 is 5.97 Å². The SMILES string of the molecule is CC(C)OC(=O)CN1C(=O)S/C(=C/c2ccc(N3CCCCCC3)o2)C1=O. The van der Waals surface area contributed by atoms with Gasteiger partial charge in [-0.25, -0.2) is 0 Å². The van der Waals surface area contributed by atoms with Crippen molar-refractivity contribution in [1.82, 2.24) is 4.90 Å². The number of hydrogen-bond donors (Lipinski definition) is 0. The van der Waals surface area contributed by atoms with Crippen molar-refractivity contribution in [3.05, 3.63) is 22.8 Å². The molecular formula is C19H24N2O5S. The highest BCUT2D eigenvalue weighted by Crippen LogP contribution is 2.33. The minimum atomic E-state index is -0.602. The van der Waals surface area contributed by atoms with Crippen LogP contribution in [0, 0.1) is 0 Å². The van der Waals surface area contributed by atoms with Crippen LogP contribution in [0.4, 0.5) is 10.7 Å². The summed E-state index contributed by atoms with van der Waals surface area (Å²) >= 11 is 0.803. The molecule has 0 atom stereocenters. The molecule has 2 aliphatic rings. The quantitative estimate of drug-likeness (QED) is 0.559. The van der Waals surface area contributed by atoms with Gasteiger partial charge in [-0.15, -0.1) is 0 Å². The summed E-state index contributed by atoms with van der Waals surface area (Å²) in [6, 6.07) is 3.68. The van der Waals surface area contributed by atoms with Crippen molar-refractivity contribution in [3.63, 3.8) is 0 Å². The molecule has 2 fully saturated rings. The molecule has 27 heavy (non-hydrogen) atoms. The maximum Gasteiger partial charge on any atom is 0.326 e. The third kappa shape index (κ3) is 4.94. The van der Waals surface area contributed by atoms with E-state index in [-0.39, 0.29) is 17.6 Å². The van der Waals surface area contributed by atoms with Gasteiger partial charge in [-0.1, -0.05) is 12.8 Å². The molecule has 2 saturated heterocycles. The lowest BCUT2D eigenvalue weighted by Crippen LogP contribution is -2.35. The first-order valence-corrected chi connectivity index (χ1v) is 10.1. The van der Waals surface area contributed by atoms with Gasteiger partial charge < -0.3 is 14.1 Å². The van der Waals surface area contributed by atoms with Gasteiger partial charge in [-0.05, 0) is 44.5 Å². The van der Waals surface area contributed by atoms with Gasteiger partial charge in [0.15, 0.2) is 5.88 Å². The van der Waals surface area contributed by atoms with Crippen LogP contribution >= 0.6 is 11.8 Å². The zero-order valence-electron chi connectivity index (χ0n) is 15.6. The second-order valence-corrected chi connectivity index (χ2v) is 7.88. The van der Waals surface area contributed by atoms with Crippen molar-refractivity contribution in [2.24, 2.45) is 0 Å².